The van der Waals surface area contributed by atoms with Crippen LogP contribution in [0.25, 0.3) is 10.9 Å². The molecule has 1 saturated carbocycles. The van der Waals surface area contributed by atoms with Crippen molar-refractivity contribution in [2.75, 3.05) is 7.11 Å². The number of ether oxygens (including phenoxy) is 1. The maximum absolute atomic E-state index is 5.44. The van der Waals surface area contributed by atoms with Crippen LogP contribution < -0.4 is 10.1 Å². The zero-order chi connectivity index (χ0) is 12.7. The van der Waals surface area contributed by atoms with Crippen LogP contribution in [0.2, 0.25) is 0 Å². The lowest BCUT2D eigenvalue weighted by atomic mass is 10.1. The molecule has 1 aliphatic rings. The Morgan fingerprint density at radius 2 is 2.11 bits per heavy atom. The Bertz CT molecular complexity index is 582. The molecule has 1 aromatic carbocycles. The summed E-state index contributed by atoms with van der Waals surface area (Å²) in [6.07, 6.45) is 2.64. The van der Waals surface area contributed by atoms with E-state index in [4.69, 9.17) is 4.74 Å². The van der Waals surface area contributed by atoms with Gasteiger partial charge in [-0.1, -0.05) is 6.07 Å². The minimum atomic E-state index is 0.735. The van der Waals surface area contributed by atoms with Crippen molar-refractivity contribution in [3.8, 4) is 5.75 Å². The Morgan fingerprint density at radius 1 is 1.33 bits per heavy atom. The molecule has 2 aromatic rings. The van der Waals surface area contributed by atoms with E-state index in [1.54, 1.807) is 7.11 Å². The summed E-state index contributed by atoms with van der Waals surface area (Å²) in [5, 5.41) is 4.87. The van der Waals surface area contributed by atoms with Crippen molar-refractivity contribution in [1.29, 1.82) is 0 Å². The van der Waals surface area contributed by atoms with Gasteiger partial charge in [-0.15, -0.1) is 0 Å². The molecule has 96 valence electrons. The summed E-state index contributed by atoms with van der Waals surface area (Å²) < 4.78 is 5.44. The molecule has 0 atom stereocenters. The van der Waals surface area contributed by atoms with Gasteiger partial charge < -0.3 is 15.0 Å². The third-order valence-corrected chi connectivity index (χ3v) is 3.84. The van der Waals surface area contributed by atoms with Crippen molar-refractivity contribution in [2.45, 2.75) is 39.3 Å². The summed E-state index contributed by atoms with van der Waals surface area (Å²) >= 11 is 0. The maximum atomic E-state index is 5.44. The predicted molar refractivity (Wildman–Crippen MR) is 74.2 cm³/mol. The number of H-pyrrole nitrogens is 1. The van der Waals surface area contributed by atoms with Crippen molar-refractivity contribution in [1.82, 2.24) is 10.3 Å². The summed E-state index contributed by atoms with van der Waals surface area (Å²) in [6, 6.07) is 4.89. The number of fused-ring (bicyclic) bond motifs is 1. The first-order valence-electron chi connectivity index (χ1n) is 6.59. The van der Waals surface area contributed by atoms with Crippen LogP contribution in [-0.2, 0) is 6.54 Å². The fourth-order valence-electron chi connectivity index (χ4n) is 2.57. The molecule has 3 nitrogen and oxygen atoms in total. The number of aromatic nitrogens is 1. The minimum absolute atomic E-state index is 0.735. The van der Waals surface area contributed by atoms with Gasteiger partial charge in [-0.05, 0) is 43.9 Å². The number of benzene rings is 1. The van der Waals surface area contributed by atoms with Gasteiger partial charge in [0.05, 0.1) is 12.6 Å². The van der Waals surface area contributed by atoms with Crippen LogP contribution >= 0.6 is 0 Å². The van der Waals surface area contributed by atoms with Crippen LogP contribution in [0.15, 0.2) is 12.1 Å². The molecule has 2 N–H and O–H groups in total. The Labute approximate surface area is 108 Å². The van der Waals surface area contributed by atoms with E-state index in [1.807, 2.05) is 6.07 Å². The molecule has 1 aliphatic carbocycles. The molecule has 0 spiro atoms. The zero-order valence-corrected chi connectivity index (χ0v) is 11.3. The second kappa shape index (κ2) is 4.32. The van der Waals surface area contributed by atoms with Gasteiger partial charge in [0.25, 0.3) is 0 Å². The van der Waals surface area contributed by atoms with E-state index in [9.17, 15) is 0 Å². The smallest absolute Gasteiger partial charge is 0.142 e. The average molecular weight is 244 g/mol. The van der Waals surface area contributed by atoms with Gasteiger partial charge in [0.1, 0.15) is 5.75 Å². The monoisotopic (exact) mass is 244 g/mol. The molecule has 3 rings (SSSR count). The van der Waals surface area contributed by atoms with E-state index in [-0.39, 0.29) is 0 Å². The first kappa shape index (κ1) is 11.6. The van der Waals surface area contributed by atoms with Gasteiger partial charge in [0.15, 0.2) is 0 Å². The highest BCUT2D eigenvalue weighted by molar-refractivity contribution is 5.92. The van der Waals surface area contributed by atoms with Crippen molar-refractivity contribution < 1.29 is 4.74 Å². The van der Waals surface area contributed by atoms with E-state index in [0.29, 0.717) is 0 Å². The number of rotatable bonds is 4. The standard InChI is InChI=1S/C15H20N2O/c1-9-4-7-13(18-3)15-14(9)10(2)12(17-15)8-16-11-5-6-11/h4,7,11,16-17H,5-6,8H2,1-3H3. The molecule has 1 heterocycles. The van der Waals surface area contributed by atoms with Gasteiger partial charge in [-0.2, -0.15) is 0 Å². The molecule has 0 unspecified atom stereocenters. The van der Waals surface area contributed by atoms with Gasteiger partial charge in [0.2, 0.25) is 0 Å². The number of methoxy groups -OCH3 is 1. The van der Waals surface area contributed by atoms with Crippen molar-refractivity contribution >= 4 is 10.9 Å². The lowest BCUT2D eigenvalue weighted by Gasteiger charge is -2.03. The quantitative estimate of drug-likeness (QED) is 0.867. The van der Waals surface area contributed by atoms with Gasteiger partial charge >= 0.3 is 0 Å². The van der Waals surface area contributed by atoms with Crippen molar-refractivity contribution in [3.63, 3.8) is 0 Å². The number of hydrogen-bond acceptors (Lipinski definition) is 2. The summed E-state index contributed by atoms with van der Waals surface area (Å²) in [7, 11) is 1.72. The van der Waals surface area contributed by atoms with Crippen molar-refractivity contribution in [2.24, 2.45) is 0 Å². The molecule has 0 aliphatic heterocycles. The molecule has 0 bridgehead atoms. The van der Waals surface area contributed by atoms with Crippen LogP contribution in [0.5, 0.6) is 5.75 Å². The molecule has 0 saturated heterocycles. The molecular formula is C15H20N2O. The van der Waals surface area contributed by atoms with Crippen LogP contribution in [-0.4, -0.2) is 18.1 Å². The summed E-state index contributed by atoms with van der Waals surface area (Å²) in [5.74, 6) is 0.927. The van der Waals surface area contributed by atoms with Gasteiger partial charge in [-0.25, -0.2) is 0 Å². The average Bonchev–Trinajstić information content (AvgIpc) is 3.13. The first-order valence-corrected chi connectivity index (χ1v) is 6.59. The van der Waals surface area contributed by atoms with E-state index in [1.165, 1.54) is 35.0 Å². The Kier molecular flexibility index (Phi) is 2.78. The SMILES string of the molecule is COc1ccc(C)c2c(C)c(CNC3CC3)[nH]c12. The van der Waals surface area contributed by atoms with E-state index >= 15 is 0 Å². The van der Waals surface area contributed by atoms with Gasteiger partial charge in [0, 0.05) is 23.7 Å². The molecule has 18 heavy (non-hydrogen) atoms. The van der Waals surface area contributed by atoms with E-state index in [2.05, 4.69) is 30.2 Å². The molecule has 1 aromatic heterocycles. The lowest BCUT2D eigenvalue weighted by Crippen LogP contribution is -2.16. The number of nitrogens with one attached hydrogen (secondary N) is 2. The fourth-order valence-corrected chi connectivity index (χ4v) is 2.57. The topological polar surface area (TPSA) is 37.0 Å². The Morgan fingerprint density at radius 3 is 2.78 bits per heavy atom. The van der Waals surface area contributed by atoms with Crippen LogP contribution in [0.4, 0.5) is 0 Å². The molecule has 0 radical (unpaired) electrons. The fraction of sp³-hybridized carbons (Fsp3) is 0.467. The minimum Gasteiger partial charge on any atom is -0.495 e. The van der Waals surface area contributed by atoms with Crippen molar-refractivity contribution in [3.05, 3.63) is 29.0 Å². The predicted octanol–water partition coefficient (Wildman–Crippen LogP) is 3.05. The highest BCUT2D eigenvalue weighted by Gasteiger charge is 2.21. The van der Waals surface area contributed by atoms with Crippen LogP contribution in [0.3, 0.4) is 0 Å². The maximum Gasteiger partial charge on any atom is 0.142 e. The number of hydrogen-bond donors (Lipinski definition) is 2. The number of aryl methyl sites for hydroxylation is 2. The zero-order valence-electron chi connectivity index (χ0n) is 11.3. The largest absolute Gasteiger partial charge is 0.495 e. The van der Waals surface area contributed by atoms with E-state index in [0.717, 1.165) is 23.9 Å². The summed E-state index contributed by atoms with van der Waals surface area (Å²) in [4.78, 5) is 3.52. The normalized spacial score (nSPS) is 15.3. The Hall–Kier alpha value is -1.48. The molecule has 0 amide bonds. The Balaban J connectivity index is 2.04. The first-order chi connectivity index (χ1) is 8.70. The molecule has 3 heteroatoms. The second-order valence-electron chi connectivity index (χ2n) is 5.22. The lowest BCUT2D eigenvalue weighted by molar-refractivity contribution is 0.419. The molecular weight excluding hydrogens is 224 g/mol. The number of aromatic amines is 1. The van der Waals surface area contributed by atoms with E-state index < -0.39 is 0 Å². The second-order valence-corrected chi connectivity index (χ2v) is 5.22. The highest BCUT2D eigenvalue weighted by atomic mass is 16.5. The third-order valence-electron chi connectivity index (χ3n) is 3.84. The van der Waals surface area contributed by atoms with Crippen LogP contribution in [0, 0.1) is 13.8 Å². The van der Waals surface area contributed by atoms with Crippen LogP contribution in [0.1, 0.15) is 29.7 Å². The summed E-state index contributed by atoms with van der Waals surface area (Å²) in [6.45, 7) is 5.27. The highest BCUT2D eigenvalue weighted by Crippen LogP contribution is 2.32. The van der Waals surface area contributed by atoms with Gasteiger partial charge in [-0.3, -0.25) is 0 Å². The summed E-state index contributed by atoms with van der Waals surface area (Å²) in [5.41, 5.74) is 5.05. The molecule has 1 fully saturated rings. The third kappa shape index (κ3) is 1.89.